The van der Waals surface area contributed by atoms with Crippen molar-refractivity contribution >= 4 is 0 Å². The predicted molar refractivity (Wildman–Crippen MR) is 90.6 cm³/mol. The van der Waals surface area contributed by atoms with Gasteiger partial charge in [-0.25, -0.2) is 0 Å². The van der Waals surface area contributed by atoms with Crippen LogP contribution in [0.2, 0.25) is 0 Å². The van der Waals surface area contributed by atoms with E-state index in [0.717, 1.165) is 38.3 Å². The highest BCUT2D eigenvalue weighted by Crippen LogP contribution is 2.24. The fraction of sp³-hybridized carbons (Fsp3) is 0.667. The average molecular weight is 306 g/mol. The molecule has 124 valence electrons. The second-order valence-electron chi connectivity index (χ2n) is 7.14. The van der Waals surface area contributed by atoms with Gasteiger partial charge in [0.1, 0.15) is 18.5 Å². The summed E-state index contributed by atoms with van der Waals surface area (Å²) in [5.74, 6) is 0.824. The Hall–Kier alpha value is -1.10. The summed E-state index contributed by atoms with van der Waals surface area (Å²) >= 11 is 0. The number of β-amino-alcohol motifs (C(OH)–C–C–N with tert-alkyl or cyclic N) is 1. The number of ether oxygens (including phenoxy) is 1. The van der Waals surface area contributed by atoms with Gasteiger partial charge in [-0.15, -0.1) is 0 Å². The lowest BCUT2D eigenvalue weighted by Crippen LogP contribution is -2.37. The van der Waals surface area contributed by atoms with Crippen molar-refractivity contribution in [3.63, 3.8) is 0 Å². The number of aliphatic hydroxyl groups excluding tert-OH is 1. The number of nitrogens with zero attached hydrogens (tertiary/aromatic N) is 1. The Morgan fingerprint density at radius 1 is 1.18 bits per heavy atom. The lowest BCUT2D eigenvalue weighted by molar-refractivity contribution is 0.0703. The molecule has 22 heavy (non-hydrogen) atoms. The molecule has 0 aliphatic carbocycles. The van der Waals surface area contributed by atoms with Crippen molar-refractivity contribution in [1.82, 2.24) is 10.2 Å². The standard InChI is InChI=1S/C18H30N2O2/c1-18(2,3)15-5-7-17(8-6-15)22-14-16(21)13-20-11-4-9-19-10-12-20/h5-8,16,19,21H,4,9-14H2,1-3H3/t16-/m1/s1. The molecule has 1 saturated heterocycles. The van der Waals surface area contributed by atoms with Crippen LogP contribution in [0.1, 0.15) is 32.8 Å². The molecule has 2 rings (SSSR count). The molecule has 0 aromatic heterocycles. The quantitative estimate of drug-likeness (QED) is 0.873. The van der Waals surface area contributed by atoms with Crippen LogP contribution in [0.15, 0.2) is 24.3 Å². The Bertz CT molecular complexity index is 431. The van der Waals surface area contributed by atoms with E-state index in [9.17, 15) is 5.11 Å². The molecule has 0 unspecified atom stereocenters. The third-order valence-corrected chi connectivity index (χ3v) is 4.06. The second kappa shape index (κ2) is 7.95. The van der Waals surface area contributed by atoms with Gasteiger partial charge in [0.05, 0.1) is 0 Å². The van der Waals surface area contributed by atoms with Crippen molar-refractivity contribution in [3.8, 4) is 5.75 Å². The highest BCUT2D eigenvalue weighted by atomic mass is 16.5. The molecular weight excluding hydrogens is 276 g/mol. The zero-order valence-corrected chi connectivity index (χ0v) is 14.1. The van der Waals surface area contributed by atoms with Crippen molar-refractivity contribution in [2.45, 2.75) is 38.7 Å². The van der Waals surface area contributed by atoms with Crippen LogP contribution < -0.4 is 10.1 Å². The Morgan fingerprint density at radius 3 is 2.59 bits per heavy atom. The molecule has 0 spiro atoms. The first kappa shape index (κ1) is 17.3. The summed E-state index contributed by atoms with van der Waals surface area (Å²) < 4.78 is 5.72. The molecule has 1 heterocycles. The number of nitrogens with one attached hydrogen (secondary N) is 1. The van der Waals surface area contributed by atoms with Crippen LogP contribution in [-0.4, -0.2) is 55.4 Å². The zero-order valence-electron chi connectivity index (χ0n) is 14.1. The monoisotopic (exact) mass is 306 g/mol. The van der Waals surface area contributed by atoms with Crippen LogP contribution in [0.25, 0.3) is 0 Å². The predicted octanol–water partition coefficient (Wildman–Crippen LogP) is 2.02. The van der Waals surface area contributed by atoms with Gasteiger partial charge in [0, 0.05) is 19.6 Å². The maximum absolute atomic E-state index is 10.2. The Labute approximate surface area is 134 Å². The minimum atomic E-state index is -0.444. The van der Waals surface area contributed by atoms with E-state index in [-0.39, 0.29) is 5.41 Å². The minimum absolute atomic E-state index is 0.152. The summed E-state index contributed by atoms with van der Waals surface area (Å²) in [7, 11) is 0. The average Bonchev–Trinajstić information content (AvgIpc) is 2.73. The van der Waals surface area contributed by atoms with Gasteiger partial charge in [-0.3, -0.25) is 4.90 Å². The fourth-order valence-electron chi connectivity index (χ4n) is 2.68. The summed E-state index contributed by atoms with van der Waals surface area (Å²) in [6, 6.07) is 8.18. The first-order valence-electron chi connectivity index (χ1n) is 8.29. The molecule has 1 aliphatic heterocycles. The molecule has 0 amide bonds. The molecule has 1 aromatic carbocycles. The normalized spacial score (nSPS) is 18.7. The number of hydrogen-bond donors (Lipinski definition) is 2. The van der Waals surface area contributed by atoms with Crippen LogP contribution in [0.4, 0.5) is 0 Å². The van der Waals surface area contributed by atoms with Crippen molar-refractivity contribution in [2.24, 2.45) is 0 Å². The van der Waals surface area contributed by atoms with E-state index < -0.39 is 6.10 Å². The third kappa shape index (κ3) is 5.59. The maximum Gasteiger partial charge on any atom is 0.119 e. The van der Waals surface area contributed by atoms with Gasteiger partial charge in [-0.1, -0.05) is 32.9 Å². The van der Waals surface area contributed by atoms with Crippen LogP contribution >= 0.6 is 0 Å². The largest absolute Gasteiger partial charge is 0.491 e. The SMILES string of the molecule is CC(C)(C)c1ccc(OC[C@H](O)CN2CCCNCC2)cc1. The summed E-state index contributed by atoms with van der Waals surface area (Å²) in [5.41, 5.74) is 1.44. The third-order valence-electron chi connectivity index (χ3n) is 4.06. The lowest BCUT2D eigenvalue weighted by Gasteiger charge is -2.23. The number of benzene rings is 1. The Morgan fingerprint density at radius 2 is 1.91 bits per heavy atom. The molecule has 0 radical (unpaired) electrons. The zero-order chi connectivity index (χ0) is 16.0. The van der Waals surface area contributed by atoms with Crippen LogP contribution in [0, 0.1) is 0 Å². The van der Waals surface area contributed by atoms with E-state index in [2.05, 4.69) is 43.1 Å². The molecule has 0 saturated carbocycles. The van der Waals surface area contributed by atoms with Crippen molar-refractivity contribution < 1.29 is 9.84 Å². The summed E-state index contributed by atoms with van der Waals surface area (Å²) in [5, 5.41) is 13.5. The Kier molecular flexibility index (Phi) is 6.24. The highest BCUT2D eigenvalue weighted by Gasteiger charge is 2.15. The van der Waals surface area contributed by atoms with Gasteiger partial charge in [0.2, 0.25) is 0 Å². The van der Waals surface area contributed by atoms with E-state index in [1.54, 1.807) is 0 Å². The van der Waals surface area contributed by atoms with Gasteiger partial charge in [0.25, 0.3) is 0 Å². The minimum Gasteiger partial charge on any atom is -0.491 e. The molecule has 2 N–H and O–H groups in total. The highest BCUT2D eigenvalue weighted by molar-refractivity contribution is 5.31. The van der Waals surface area contributed by atoms with Gasteiger partial charge in [-0.2, -0.15) is 0 Å². The van der Waals surface area contributed by atoms with Crippen molar-refractivity contribution in [3.05, 3.63) is 29.8 Å². The van der Waals surface area contributed by atoms with E-state index in [0.29, 0.717) is 13.2 Å². The summed E-state index contributed by atoms with van der Waals surface area (Å²) in [6.07, 6.45) is 0.697. The Balaban J connectivity index is 1.77. The van der Waals surface area contributed by atoms with E-state index in [4.69, 9.17) is 4.74 Å². The lowest BCUT2D eigenvalue weighted by atomic mass is 9.87. The molecule has 1 atom stereocenters. The molecule has 4 heteroatoms. The first-order valence-corrected chi connectivity index (χ1v) is 8.29. The van der Waals surface area contributed by atoms with Gasteiger partial charge in [-0.05, 0) is 42.6 Å². The topological polar surface area (TPSA) is 44.7 Å². The number of rotatable bonds is 5. The van der Waals surface area contributed by atoms with Gasteiger partial charge in [0.15, 0.2) is 0 Å². The molecule has 1 aromatic rings. The van der Waals surface area contributed by atoms with E-state index in [1.807, 2.05) is 12.1 Å². The van der Waals surface area contributed by atoms with Crippen molar-refractivity contribution in [1.29, 1.82) is 0 Å². The summed E-state index contributed by atoms with van der Waals surface area (Å²) in [6.45, 7) is 11.7. The summed E-state index contributed by atoms with van der Waals surface area (Å²) in [4.78, 5) is 2.30. The van der Waals surface area contributed by atoms with E-state index in [1.165, 1.54) is 5.56 Å². The van der Waals surface area contributed by atoms with Gasteiger partial charge >= 0.3 is 0 Å². The van der Waals surface area contributed by atoms with Crippen molar-refractivity contribution in [2.75, 3.05) is 39.3 Å². The smallest absolute Gasteiger partial charge is 0.119 e. The van der Waals surface area contributed by atoms with Crippen LogP contribution in [-0.2, 0) is 5.41 Å². The molecule has 1 aliphatic rings. The molecule has 0 bridgehead atoms. The second-order valence-corrected chi connectivity index (χ2v) is 7.14. The number of hydrogen-bond acceptors (Lipinski definition) is 4. The molecular formula is C18H30N2O2. The first-order chi connectivity index (χ1) is 10.4. The number of aliphatic hydroxyl groups is 1. The van der Waals surface area contributed by atoms with Crippen LogP contribution in [0.3, 0.4) is 0 Å². The molecule has 4 nitrogen and oxygen atoms in total. The maximum atomic E-state index is 10.2. The van der Waals surface area contributed by atoms with Gasteiger partial charge < -0.3 is 15.2 Å². The molecule has 1 fully saturated rings. The van der Waals surface area contributed by atoms with E-state index >= 15 is 0 Å². The fourth-order valence-corrected chi connectivity index (χ4v) is 2.68. The van der Waals surface area contributed by atoms with Crippen LogP contribution in [0.5, 0.6) is 5.75 Å².